The molecule has 104 valence electrons. The molecular formula is C18H21NO. The average Bonchev–Trinajstić information content (AvgIpc) is 2.46. The van der Waals surface area contributed by atoms with E-state index in [1.54, 1.807) is 0 Å². The Morgan fingerprint density at radius 1 is 1.20 bits per heavy atom. The minimum Gasteiger partial charge on any atom is -0.314 e. The van der Waals surface area contributed by atoms with Crippen LogP contribution >= 0.6 is 0 Å². The Morgan fingerprint density at radius 2 is 2.00 bits per heavy atom. The van der Waals surface area contributed by atoms with Crippen LogP contribution in [-0.2, 0) is 0 Å². The maximum Gasteiger partial charge on any atom is 0.165 e. The van der Waals surface area contributed by atoms with Crippen molar-refractivity contribution in [2.24, 2.45) is 5.92 Å². The molecule has 1 fully saturated rings. The summed E-state index contributed by atoms with van der Waals surface area (Å²) >= 11 is 0. The number of nitrogens with one attached hydrogen (secondary N) is 1. The molecule has 1 aliphatic rings. The van der Waals surface area contributed by atoms with Crippen LogP contribution in [0.3, 0.4) is 0 Å². The quantitative estimate of drug-likeness (QED) is 0.857. The first kappa shape index (κ1) is 13.3. The third-order valence-corrected chi connectivity index (χ3v) is 4.28. The van der Waals surface area contributed by atoms with Crippen LogP contribution in [-0.4, -0.2) is 18.4 Å². The molecular weight excluding hydrogens is 246 g/mol. The molecule has 3 rings (SSSR count). The van der Waals surface area contributed by atoms with Crippen molar-refractivity contribution in [2.45, 2.75) is 32.2 Å². The number of piperidine rings is 1. The van der Waals surface area contributed by atoms with E-state index in [1.165, 1.54) is 6.42 Å². The zero-order valence-electron chi connectivity index (χ0n) is 11.9. The Labute approximate surface area is 120 Å². The molecule has 0 radical (unpaired) electrons. The van der Waals surface area contributed by atoms with E-state index in [0.717, 1.165) is 35.2 Å². The molecule has 1 heterocycles. The Morgan fingerprint density at radius 3 is 2.85 bits per heavy atom. The molecule has 2 aromatic rings. The lowest BCUT2D eigenvalue weighted by atomic mass is 9.89. The van der Waals surface area contributed by atoms with Gasteiger partial charge in [0.25, 0.3) is 0 Å². The number of ketones is 1. The first-order valence-electron chi connectivity index (χ1n) is 7.48. The van der Waals surface area contributed by atoms with Crippen LogP contribution in [0.1, 0.15) is 36.5 Å². The highest BCUT2D eigenvalue weighted by molar-refractivity contribution is 6.08. The van der Waals surface area contributed by atoms with E-state index >= 15 is 0 Å². The second-order valence-corrected chi connectivity index (χ2v) is 5.93. The van der Waals surface area contributed by atoms with Crippen molar-refractivity contribution in [3.63, 3.8) is 0 Å². The summed E-state index contributed by atoms with van der Waals surface area (Å²) in [7, 11) is 0. The van der Waals surface area contributed by atoms with E-state index in [4.69, 9.17) is 0 Å². The summed E-state index contributed by atoms with van der Waals surface area (Å²) in [5, 5.41) is 5.69. The third kappa shape index (κ3) is 2.75. The third-order valence-electron chi connectivity index (χ3n) is 4.28. The normalized spacial score (nSPS) is 22.9. The van der Waals surface area contributed by atoms with Gasteiger partial charge < -0.3 is 5.32 Å². The Balaban J connectivity index is 1.82. The van der Waals surface area contributed by atoms with Crippen molar-refractivity contribution in [1.29, 1.82) is 0 Å². The van der Waals surface area contributed by atoms with E-state index in [2.05, 4.69) is 24.4 Å². The summed E-state index contributed by atoms with van der Waals surface area (Å²) in [6.45, 7) is 3.31. The number of benzene rings is 2. The van der Waals surface area contributed by atoms with E-state index in [9.17, 15) is 4.79 Å². The van der Waals surface area contributed by atoms with E-state index in [0.29, 0.717) is 12.5 Å². The van der Waals surface area contributed by atoms with Gasteiger partial charge in [0.1, 0.15) is 0 Å². The number of rotatable bonds is 3. The van der Waals surface area contributed by atoms with Crippen LogP contribution in [0.25, 0.3) is 10.8 Å². The molecule has 20 heavy (non-hydrogen) atoms. The topological polar surface area (TPSA) is 29.1 Å². The fraction of sp³-hybridized carbons (Fsp3) is 0.389. The van der Waals surface area contributed by atoms with Crippen molar-refractivity contribution in [2.75, 3.05) is 6.54 Å². The van der Waals surface area contributed by atoms with Crippen LogP contribution in [0, 0.1) is 5.92 Å². The molecule has 2 atom stereocenters. The van der Waals surface area contributed by atoms with Gasteiger partial charge in [-0.1, -0.05) is 49.4 Å². The zero-order valence-corrected chi connectivity index (χ0v) is 11.9. The first-order valence-corrected chi connectivity index (χ1v) is 7.48. The fourth-order valence-corrected chi connectivity index (χ4v) is 3.18. The maximum atomic E-state index is 12.6. The lowest BCUT2D eigenvalue weighted by molar-refractivity contribution is 0.0960. The number of hydrogen-bond acceptors (Lipinski definition) is 2. The Hall–Kier alpha value is -1.67. The monoisotopic (exact) mass is 267 g/mol. The maximum absolute atomic E-state index is 12.6. The highest BCUT2D eigenvalue weighted by Crippen LogP contribution is 2.23. The highest BCUT2D eigenvalue weighted by atomic mass is 16.1. The van der Waals surface area contributed by atoms with E-state index < -0.39 is 0 Å². The smallest absolute Gasteiger partial charge is 0.165 e. The van der Waals surface area contributed by atoms with Crippen molar-refractivity contribution in [3.05, 3.63) is 48.0 Å². The molecule has 1 aliphatic heterocycles. The van der Waals surface area contributed by atoms with Gasteiger partial charge in [-0.3, -0.25) is 4.79 Å². The van der Waals surface area contributed by atoms with Gasteiger partial charge in [0, 0.05) is 18.0 Å². The van der Waals surface area contributed by atoms with Gasteiger partial charge in [0.15, 0.2) is 5.78 Å². The summed E-state index contributed by atoms with van der Waals surface area (Å²) in [5.41, 5.74) is 0.864. The summed E-state index contributed by atoms with van der Waals surface area (Å²) in [5.74, 6) is 0.981. The second kappa shape index (κ2) is 5.76. The first-order chi connectivity index (χ1) is 9.74. The Bertz CT molecular complexity index is 614. The standard InChI is InChI=1S/C18H21NO/c1-13-9-10-19-15(11-13)12-18(20)17-8-4-6-14-5-2-3-7-16(14)17/h2-8,13,15,19H,9-12H2,1H3. The van der Waals surface area contributed by atoms with Crippen molar-refractivity contribution < 1.29 is 4.79 Å². The molecule has 2 nitrogen and oxygen atoms in total. The average molecular weight is 267 g/mol. The van der Waals surface area contributed by atoms with Crippen LogP contribution in [0.15, 0.2) is 42.5 Å². The summed E-state index contributed by atoms with van der Waals surface area (Å²) < 4.78 is 0. The molecule has 1 N–H and O–H groups in total. The largest absolute Gasteiger partial charge is 0.314 e. The Kier molecular flexibility index (Phi) is 3.83. The van der Waals surface area contributed by atoms with Gasteiger partial charge in [0.2, 0.25) is 0 Å². The molecule has 2 aromatic carbocycles. The molecule has 0 aliphatic carbocycles. The van der Waals surface area contributed by atoms with Gasteiger partial charge in [-0.2, -0.15) is 0 Å². The van der Waals surface area contributed by atoms with Crippen molar-refractivity contribution >= 4 is 16.6 Å². The minimum absolute atomic E-state index is 0.258. The van der Waals surface area contributed by atoms with E-state index in [1.807, 2.05) is 30.3 Å². The SMILES string of the molecule is CC1CCNC(CC(=O)c2cccc3ccccc23)C1. The van der Waals surface area contributed by atoms with Gasteiger partial charge in [0.05, 0.1) is 0 Å². The van der Waals surface area contributed by atoms with Gasteiger partial charge in [-0.05, 0) is 36.1 Å². The number of carbonyl (C=O) groups is 1. The molecule has 2 unspecified atom stereocenters. The molecule has 0 spiro atoms. The van der Waals surface area contributed by atoms with Crippen molar-refractivity contribution in [1.82, 2.24) is 5.32 Å². The van der Waals surface area contributed by atoms with Crippen LogP contribution in [0.4, 0.5) is 0 Å². The number of fused-ring (bicyclic) bond motifs is 1. The van der Waals surface area contributed by atoms with Crippen LogP contribution < -0.4 is 5.32 Å². The van der Waals surface area contributed by atoms with Gasteiger partial charge >= 0.3 is 0 Å². The lowest BCUT2D eigenvalue weighted by Gasteiger charge is -2.27. The lowest BCUT2D eigenvalue weighted by Crippen LogP contribution is -2.38. The molecule has 0 amide bonds. The van der Waals surface area contributed by atoms with Crippen molar-refractivity contribution in [3.8, 4) is 0 Å². The molecule has 0 saturated carbocycles. The predicted octanol–water partition coefficient (Wildman–Crippen LogP) is 3.80. The summed E-state index contributed by atoms with van der Waals surface area (Å²) in [6, 6.07) is 14.5. The summed E-state index contributed by atoms with van der Waals surface area (Å²) in [6.07, 6.45) is 2.94. The fourth-order valence-electron chi connectivity index (χ4n) is 3.18. The van der Waals surface area contributed by atoms with Crippen LogP contribution in [0.2, 0.25) is 0 Å². The predicted molar refractivity (Wildman–Crippen MR) is 83.1 cm³/mol. The van der Waals surface area contributed by atoms with Gasteiger partial charge in [-0.15, -0.1) is 0 Å². The summed E-state index contributed by atoms with van der Waals surface area (Å²) in [4.78, 5) is 12.6. The second-order valence-electron chi connectivity index (χ2n) is 5.93. The number of carbonyl (C=O) groups excluding carboxylic acids is 1. The minimum atomic E-state index is 0.258. The highest BCUT2D eigenvalue weighted by Gasteiger charge is 2.21. The molecule has 2 heteroatoms. The number of Topliss-reactive ketones (excluding diaryl/α,β-unsaturated/α-hetero) is 1. The zero-order chi connectivity index (χ0) is 13.9. The molecule has 0 bridgehead atoms. The molecule has 1 saturated heterocycles. The van der Waals surface area contributed by atoms with Gasteiger partial charge in [-0.25, -0.2) is 0 Å². The van der Waals surface area contributed by atoms with Crippen LogP contribution in [0.5, 0.6) is 0 Å². The molecule has 0 aromatic heterocycles. The number of hydrogen-bond donors (Lipinski definition) is 1. The van der Waals surface area contributed by atoms with E-state index in [-0.39, 0.29) is 5.78 Å².